The predicted molar refractivity (Wildman–Crippen MR) is 35.7 cm³/mol. The lowest BCUT2D eigenvalue weighted by Gasteiger charge is -1.87. The second-order valence-electron chi connectivity index (χ2n) is 0.976. The van der Waals surface area contributed by atoms with Crippen LogP contribution in [0.2, 0.25) is 0 Å². The molecule has 0 aromatic carbocycles. The van der Waals surface area contributed by atoms with E-state index >= 15 is 0 Å². The van der Waals surface area contributed by atoms with Gasteiger partial charge in [0.25, 0.3) is 0 Å². The molecule has 0 saturated carbocycles. The zero-order chi connectivity index (χ0) is 5.70. The first-order chi connectivity index (χ1) is 3.31. The van der Waals surface area contributed by atoms with Crippen LogP contribution in [0.4, 0.5) is 0 Å². The molecule has 0 aromatic rings. The van der Waals surface area contributed by atoms with Crippen molar-refractivity contribution < 1.29 is 0 Å². The molecule has 0 saturated heterocycles. The van der Waals surface area contributed by atoms with Crippen molar-refractivity contribution in [1.29, 1.82) is 0 Å². The van der Waals surface area contributed by atoms with Crippen LogP contribution in [0.25, 0.3) is 0 Å². The monoisotopic (exact) mass is 115 g/mol. The Bertz CT molecular complexity index is 86.1. The summed E-state index contributed by atoms with van der Waals surface area (Å²) in [5.74, 6) is 0. The summed E-state index contributed by atoms with van der Waals surface area (Å²) in [4.78, 5) is 0. The normalized spacial score (nSPS) is 11.3. The van der Waals surface area contributed by atoms with Gasteiger partial charge in [-0.1, -0.05) is 24.4 Å². The van der Waals surface area contributed by atoms with Gasteiger partial charge in [0, 0.05) is 0 Å². The van der Waals surface area contributed by atoms with Crippen LogP contribution in [-0.2, 0) is 0 Å². The van der Waals surface area contributed by atoms with Crippen LogP contribution in [0.3, 0.4) is 0 Å². The van der Waals surface area contributed by atoms with Gasteiger partial charge in [-0.05, 0) is 12.3 Å². The summed E-state index contributed by atoms with van der Waals surface area (Å²) in [5.41, 5.74) is 5.34. The van der Waals surface area contributed by atoms with Crippen molar-refractivity contribution in [1.82, 2.24) is 0 Å². The average molecular weight is 115 g/mol. The lowest BCUT2D eigenvalue weighted by atomic mass is 10.7. The number of allylic oxidation sites excluding steroid dienone is 1. The fourth-order valence-corrected chi connectivity index (χ4v) is 0.493. The predicted octanol–water partition coefficient (Wildman–Crippen LogP) is 1.68. The van der Waals surface area contributed by atoms with Crippen molar-refractivity contribution >= 4 is 11.8 Å². The first kappa shape index (κ1) is 6.63. The van der Waals surface area contributed by atoms with E-state index in [0.29, 0.717) is 0 Å². The molecule has 0 rings (SSSR count). The minimum absolute atomic E-state index is 0.801. The van der Waals surface area contributed by atoms with E-state index in [0.717, 1.165) is 5.03 Å². The standard InChI is InChI=1S/C5H9NS/c1-3-5(6)7-4-2/h3-4H,2,6H2,1H3/b5-3-. The fraction of sp³-hybridized carbons (Fsp3) is 0.200. The molecule has 0 atom stereocenters. The highest BCUT2D eigenvalue weighted by Gasteiger charge is 1.77. The highest BCUT2D eigenvalue weighted by molar-refractivity contribution is 8.05. The van der Waals surface area contributed by atoms with Gasteiger partial charge in [0.05, 0.1) is 5.03 Å². The summed E-state index contributed by atoms with van der Waals surface area (Å²) < 4.78 is 0. The molecule has 0 aliphatic heterocycles. The summed E-state index contributed by atoms with van der Waals surface area (Å²) in [6.45, 7) is 5.39. The van der Waals surface area contributed by atoms with Crippen LogP contribution in [-0.4, -0.2) is 0 Å². The third-order valence-electron chi connectivity index (χ3n) is 0.504. The molecule has 1 nitrogen and oxygen atoms in total. The van der Waals surface area contributed by atoms with Crippen LogP contribution < -0.4 is 5.73 Å². The number of rotatable bonds is 2. The summed E-state index contributed by atoms with van der Waals surface area (Å²) in [6.07, 6.45) is 1.84. The van der Waals surface area contributed by atoms with Crippen molar-refractivity contribution in [3.05, 3.63) is 23.1 Å². The van der Waals surface area contributed by atoms with Crippen LogP contribution in [0.15, 0.2) is 23.1 Å². The Morgan fingerprint density at radius 2 is 2.43 bits per heavy atom. The first-order valence-electron chi connectivity index (χ1n) is 2.00. The van der Waals surface area contributed by atoms with E-state index in [1.54, 1.807) is 5.41 Å². The maximum absolute atomic E-state index is 5.34. The molecular weight excluding hydrogens is 106 g/mol. The van der Waals surface area contributed by atoms with E-state index in [-0.39, 0.29) is 0 Å². The highest BCUT2D eigenvalue weighted by atomic mass is 32.2. The molecule has 0 fully saturated rings. The molecule has 0 unspecified atom stereocenters. The minimum Gasteiger partial charge on any atom is -0.394 e. The summed E-state index contributed by atoms with van der Waals surface area (Å²) in [7, 11) is 0. The maximum Gasteiger partial charge on any atom is 0.0654 e. The average Bonchev–Trinajstić information content (AvgIpc) is 1.68. The van der Waals surface area contributed by atoms with E-state index in [1.807, 2.05) is 13.0 Å². The van der Waals surface area contributed by atoms with Crippen LogP contribution in [0.5, 0.6) is 0 Å². The van der Waals surface area contributed by atoms with Crippen LogP contribution in [0.1, 0.15) is 6.92 Å². The molecule has 7 heavy (non-hydrogen) atoms. The molecule has 40 valence electrons. The Morgan fingerprint density at radius 3 is 2.57 bits per heavy atom. The van der Waals surface area contributed by atoms with Gasteiger partial charge in [-0.15, -0.1) is 0 Å². The Balaban J connectivity index is 3.36. The molecular formula is C5H9NS. The molecule has 2 heteroatoms. The third-order valence-corrected chi connectivity index (χ3v) is 1.18. The zero-order valence-electron chi connectivity index (χ0n) is 4.35. The van der Waals surface area contributed by atoms with Gasteiger partial charge in [-0.25, -0.2) is 0 Å². The van der Waals surface area contributed by atoms with Crippen molar-refractivity contribution in [2.24, 2.45) is 5.73 Å². The number of hydrogen-bond acceptors (Lipinski definition) is 2. The van der Waals surface area contributed by atoms with E-state index in [1.165, 1.54) is 11.8 Å². The van der Waals surface area contributed by atoms with Crippen molar-refractivity contribution in [2.45, 2.75) is 6.92 Å². The lowest BCUT2D eigenvalue weighted by Crippen LogP contribution is -1.87. The molecule has 0 aliphatic rings. The third kappa shape index (κ3) is 3.46. The van der Waals surface area contributed by atoms with Gasteiger partial charge < -0.3 is 5.73 Å². The van der Waals surface area contributed by atoms with Gasteiger partial charge in [0.1, 0.15) is 0 Å². The highest BCUT2D eigenvalue weighted by Crippen LogP contribution is 2.07. The van der Waals surface area contributed by atoms with E-state index in [4.69, 9.17) is 5.73 Å². The van der Waals surface area contributed by atoms with Crippen LogP contribution in [0, 0.1) is 0 Å². The summed E-state index contributed by atoms with van der Waals surface area (Å²) >= 11 is 1.43. The summed E-state index contributed by atoms with van der Waals surface area (Å²) in [5, 5.41) is 2.50. The van der Waals surface area contributed by atoms with E-state index in [2.05, 4.69) is 6.58 Å². The number of thioether (sulfide) groups is 1. The van der Waals surface area contributed by atoms with Crippen LogP contribution >= 0.6 is 11.8 Å². The van der Waals surface area contributed by atoms with Gasteiger partial charge >= 0.3 is 0 Å². The number of nitrogens with two attached hydrogens (primary N) is 1. The lowest BCUT2D eigenvalue weighted by molar-refractivity contribution is 1.51. The van der Waals surface area contributed by atoms with E-state index in [9.17, 15) is 0 Å². The van der Waals surface area contributed by atoms with Gasteiger partial charge in [-0.2, -0.15) is 0 Å². The van der Waals surface area contributed by atoms with Gasteiger partial charge in [-0.3, -0.25) is 0 Å². The molecule has 2 N–H and O–H groups in total. The Labute approximate surface area is 48.3 Å². The fourth-order valence-electron chi connectivity index (χ4n) is 0.164. The second kappa shape index (κ2) is 3.81. The Morgan fingerprint density at radius 1 is 1.86 bits per heavy atom. The first-order valence-corrected chi connectivity index (χ1v) is 2.88. The summed E-state index contributed by atoms with van der Waals surface area (Å²) in [6, 6.07) is 0. The molecule has 0 spiro atoms. The van der Waals surface area contributed by atoms with Crippen molar-refractivity contribution in [3.8, 4) is 0 Å². The zero-order valence-corrected chi connectivity index (χ0v) is 5.16. The molecule has 0 heterocycles. The Kier molecular flexibility index (Phi) is 3.61. The molecule has 0 radical (unpaired) electrons. The SMILES string of the molecule is C=CS/C(N)=C\C. The Hall–Kier alpha value is -0.370. The molecule has 0 aliphatic carbocycles. The molecule has 0 bridgehead atoms. The van der Waals surface area contributed by atoms with Crippen molar-refractivity contribution in [3.63, 3.8) is 0 Å². The maximum atomic E-state index is 5.34. The largest absolute Gasteiger partial charge is 0.394 e. The second-order valence-corrected chi connectivity index (χ2v) is 2.02. The van der Waals surface area contributed by atoms with E-state index < -0.39 is 0 Å². The number of hydrogen-bond donors (Lipinski definition) is 1. The molecule has 0 aromatic heterocycles. The minimum atomic E-state index is 0.801. The van der Waals surface area contributed by atoms with Crippen molar-refractivity contribution in [2.75, 3.05) is 0 Å². The quantitative estimate of drug-likeness (QED) is 0.592. The molecule has 0 amide bonds. The van der Waals surface area contributed by atoms with Gasteiger partial charge in [0.15, 0.2) is 0 Å². The smallest absolute Gasteiger partial charge is 0.0654 e. The topological polar surface area (TPSA) is 26.0 Å². The van der Waals surface area contributed by atoms with Gasteiger partial charge in [0.2, 0.25) is 0 Å².